The molecule has 1 fully saturated rings. The molecule has 2 heterocycles. The molecule has 1 aliphatic rings. The maximum atomic E-state index is 6.12. The number of anilines is 1. The molecule has 0 saturated carbocycles. The molecule has 0 amide bonds. The molecule has 0 radical (unpaired) electrons. The fourth-order valence-electron chi connectivity index (χ4n) is 2.86. The summed E-state index contributed by atoms with van der Waals surface area (Å²) in [4.78, 5) is 9.95. The maximum absolute atomic E-state index is 6.12. The zero-order valence-corrected chi connectivity index (χ0v) is 15.8. The topological polar surface area (TPSA) is 19.4 Å². The minimum atomic E-state index is 0.589. The fourth-order valence-corrected chi connectivity index (χ4v) is 3.48. The smallest absolute Gasteiger partial charge is 0.0840 e. The van der Waals surface area contributed by atoms with Gasteiger partial charge in [0, 0.05) is 50.2 Å². The van der Waals surface area contributed by atoms with Crippen molar-refractivity contribution in [2.75, 3.05) is 31.1 Å². The number of pyridine rings is 1. The van der Waals surface area contributed by atoms with Gasteiger partial charge in [0.05, 0.1) is 15.0 Å². The van der Waals surface area contributed by atoms with Crippen LogP contribution in [0.3, 0.4) is 0 Å². The summed E-state index contributed by atoms with van der Waals surface area (Å²) < 4.78 is 0. The summed E-state index contributed by atoms with van der Waals surface area (Å²) >= 11 is 17.7. The predicted molar refractivity (Wildman–Crippen MR) is 106 cm³/mol. The zero-order valence-electron chi connectivity index (χ0n) is 13.5. The number of halogens is 2. The minimum absolute atomic E-state index is 0.589. The molecule has 0 bridgehead atoms. The number of thiocarbonyl (C=S) groups is 1. The molecular weight excluding hydrogens is 361 g/mol. The molecular formula is C18H19Cl2N3S. The van der Waals surface area contributed by atoms with Crippen LogP contribution in [0.15, 0.2) is 36.5 Å². The quantitative estimate of drug-likeness (QED) is 0.736. The summed E-state index contributed by atoms with van der Waals surface area (Å²) in [6, 6.07) is 9.88. The summed E-state index contributed by atoms with van der Waals surface area (Å²) in [5.41, 5.74) is 3.36. The first kappa shape index (κ1) is 17.5. The molecule has 1 aliphatic heterocycles. The first-order chi connectivity index (χ1) is 11.5. The van der Waals surface area contributed by atoms with Gasteiger partial charge in [0.15, 0.2) is 0 Å². The van der Waals surface area contributed by atoms with Crippen LogP contribution in [0.25, 0.3) is 0 Å². The molecule has 0 unspecified atom stereocenters. The molecule has 6 heteroatoms. The van der Waals surface area contributed by atoms with Gasteiger partial charge >= 0.3 is 0 Å². The van der Waals surface area contributed by atoms with E-state index in [0.717, 1.165) is 49.0 Å². The third-order valence-electron chi connectivity index (χ3n) is 4.21. The Hall–Kier alpha value is -1.36. The van der Waals surface area contributed by atoms with Crippen molar-refractivity contribution in [2.45, 2.75) is 13.3 Å². The van der Waals surface area contributed by atoms with Gasteiger partial charge in [-0.05, 0) is 42.8 Å². The Bertz CT molecular complexity index is 743. The van der Waals surface area contributed by atoms with E-state index < -0.39 is 0 Å². The number of benzene rings is 1. The van der Waals surface area contributed by atoms with Crippen molar-refractivity contribution in [3.05, 3.63) is 57.8 Å². The highest BCUT2D eigenvalue weighted by Crippen LogP contribution is 2.27. The van der Waals surface area contributed by atoms with E-state index in [0.29, 0.717) is 10.0 Å². The van der Waals surface area contributed by atoms with E-state index in [9.17, 15) is 0 Å². The average Bonchev–Trinajstić information content (AvgIpc) is 2.57. The van der Waals surface area contributed by atoms with Crippen LogP contribution in [-0.2, 0) is 6.42 Å². The molecule has 1 aromatic heterocycles. The van der Waals surface area contributed by atoms with Crippen molar-refractivity contribution in [3.63, 3.8) is 0 Å². The molecule has 0 N–H and O–H groups in total. The SMILES string of the molecule is Cc1ccnc(CC(=S)N2CCN(c3ccc(Cl)c(Cl)c3)CC2)c1. The number of aromatic nitrogens is 1. The van der Waals surface area contributed by atoms with Crippen molar-refractivity contribution in [1.82, 2.24) is 9.88 Å². The van der Waals surface area contributed by atoms with Crippen LogP contribution in [0, 0.1) is 6.92 Å². The van der Waals surface area contributed by atoms with Crippen molar-refractivity contribution >= 4 is 46.1 Å². The number of hydrogen-bond acceptors (Lipinski definition) is 3. The molecule has 1 aromatic carbocycles. The molecule has 3 nitrogen and oxygen atoms in total. The van der Waals surface area contributed by atoms with Gasteiger partial charge in [-0.3, -0.25) is 4.98 Å². The Kier molecular flexibility index (Phi) is 5.59. The fraction of sp³-hybridized carbons (Fsp3) is 0.333. The van der Waals surface area contributed by atoms with Crippen LogP contribution in [0.2, 0.25) is 10.0 Å². The van der Waals surface area contributed by atoms with Gasteiger partial charge in [-0.1, -0.05) is 35.4 Å². The monoisotopic (exact) mass is 379 g/mol. The van der Waals surface area contributed by atoms with E-state index in [2.05, 4.69) is 27.8 Å². The largest absolute Gasteiger partial charge is 0.368 e. The summed E-state index contributed by atoms with van der Waals surface area (Å²) in [5.74, 6) is 0. The van der Waals surface area contributed by atoms with Gasteiger partial charge in [0.25, 0.3) is 0 Å². The maximum Gasteiger partial charge on any atom is 0.0840 e. The van der Waals surface area contributed by atoms with Crippen LogP contribution < -0.4 is 4.90 Å². The van der Waals surface area contributed by atoms with Gasteiger partial charge in [-0.25, -0.2) is 0 Å². The van der Waals surface area contributed by atoms with Gasteiger partial charge in [-0.15, -0.1) is 0 Å². The average molecular weight is 380 g/mol. The lowest BCUT2D eigenvalue weighted by atomic mass is 10.2. The Morgan fingerprint density at radius 3 is 2.50 bits per heavy atom. The summed E-state index contributed by atoms with van der Waals surface area (Å²) in [5, 5.41) is 1.18. The third kappa shape index (κ3) is 4.18. The molecule has 2 aromatic rings. The highest BCUT2D eigenvalue weighted by atomic mass is 35.5. The summed E-state index contributed by atoms with van der Waals surface area (Å²) in [6.45, 7) is 5.72. The molecule has 24 heavy (non-hydrogen) atoms. The predicted octanol–water partition coefficient (Wildman–Crippen LogP) is 4.39. The molecule has 3 rings (SSSR count). The number of aryl methyl sites for hydroxylation is 1. The first-order valence-electron chi connectivity index (χ1n) is 7.92. The second-order valence-electron chi connectivity index (χ2n) is 5.97. The van der Waals surface area contributed by atoms with E-state index >= 15 is 0 Å². The lowest BCUT2D eigenvalue weighted by Crippen LogP contribution is -2.48. The van der Waals surface area contributed by atoms with E-state index in [1.807, 2.05) is 30.5 Å². The second kappa shape index (κ2) is 7.68. The molecule has 0 atom stereocenters. The van der Waals surface area contributed by atoms with Crippen molar-refractivity contribution < 1.29 is 0 Å². The lowest BCUT2D eigenvalue weighted by molar-refractivity contribution is 0.387. The van der Waals surface area contributed by atoms with Crippen molar-refractivity contribution in [3.8, 4) is 0 Å². The number of rotatable bonds is 3. The van der Waals surface area contributed by atoms with Crippen LogP contribution >= 0.6 is 35.4 Å². The lowest BCUT2D eigenvalue weighted by Gasteiger charge is -2.37. The normalized spacial score (nSPS) is 14.8. The molecule has 1 saturated heterocycles. The Morgan fingerprint density at radius 1 is 1.08 bits per heavy atom. The summed E-state index contributed by atoms with van der Waals surface area (Å²) in [7, 11) is 0. The zero-order chi connectivity index (χ0) is 17.1. The van der Waals surface area contributed by atoms with Gasteiger partial charge in [0.2, 0.25) is 0 Å². The Morgan fingerprint density at radius 2 is 1.83 bits per heavy atom. The van der Waals surface area contributed by atoms with Crippen LogP contribution in [0.4, 0.5) is 5.69 Å². The Labute approximate surface area is 158 Å². The first-order valence-corrected chi connectivity index (χ1v) is 9.08. The van der Waals surface area contributed by atoms with Crippen LogP contribution in [0.5, 0.6) is 0 Å². The standard InChI is InChI=1S/C18H19Cl2N3S/c1-13-4-5-21-14(10-13)11-18(24)23-8-6-22(7-9-23)15-2-3-16(19)17(20)12-15/h2-5,10,12H,6-9,11H2,1H3. The number of hydrogen-bond donors (Lipinski definition) is 0. The minimum Gasteiger partial charge on any atom is -0.368 e. The van der Waals surface area contributed by atoms with Crippen molar-refractivity contribution in [2.24, 2.45) is 0 Å². The van der Waals surface area contributed by atoms with Crippen molar-refractivity contribution in [1.29, 1.82) is 0 Å². The van der Waals surface area contributed by atoms with Crippen LogP contribution in [0.1, 0.15) is 11.3 Å². The van der Waals surface area contributed by atoms with Crippen LogP contribution in [-0.4, -0.2) is 41.1 Å². The van der Waals surface area contributed by atoms with E-state index in [1.165, 1.54) is 5.56 Å². The number of piperazine rings is 1. The number of nitrogens with zero attached hydrogens (tertiary/aromatic N) is 3. The third-order valence-corrected chi connectivity index (χ3v) is 5.35. The molecule has 0 spiro atoms. The van der Waals surface area contributed by atoms with Gasteiger partial charge in [0.1, 0.15) is 0 Å². The van der Waals surface area contributed by atoms with E-state index in [1.54, 1.807) is 0 Å². The van der Waals surface area contributed by atoms with Gasteiger partial charge < -0.3 is 9.80 Å². The highest BCUT2D eigenvalue weighted by molar-refractivity contribution is 7.80. The van der Waals surface area contributed by atoms with E-state index in [-0.39, 0.29) is 0 Å². The summed E-state index contributed by atoms with van der Waals surface area (Å²) in [6.07, 6.45) is 2.57. The highest BCUT2D eigenvalue weighted by Gasteiger charge is 2.20. The molecule has 0 aliphatic carbocycles. The van der Waals surface area contributed by atoms with Gasteiger partial charge in [-0.2, -0.15) is 0 Å². The second-order valence-corrected chi connectivity index (χ2v) is 7.25. The Balaban J connectivity index is 1.58. The van der Waals surface area contributed by atoms with E-state index in [4.69, 9.17) is 35.4 Å². The molecule has 126 valence electrons.